The van der Waals surface area contributed by atoms with Crippen LogP contribution in [-0.4, -0.2) is 27.2 Å². The summed E-state index contributed by atoms with van der Waals surface area (Å²) in [6.07, 6.45) is 0. The monoisotopic (exact) mass is 211 g/mol. The molecule has 1 amide bonds. The summed E-state index contributed by atoms with van der Waals surface area (Å²) in [6, 6.07) is 7.53. The van der Waals surface area contributed by atoms with E-state index in [2.05, 4.69) is 5.32 Å². The molecule has 0 atom stereocenters. The van der Waals surface area contributed by atoms with Crippen molar-refractivity contribution in [1.82, 2.24) is 5.32 Å². The third-order valence-corrected chi connectivity index (χ3v) is 1.64. The van der Waals surface area contributed by atoms with Crippen molar-refractivity contribution in [3.8, 4) is 11.5 Å². The second-order valence-electron chi connectivity index (χ2n) is 2.66. The number of hydrogen-bond donors (Lipinski definition) is 1. The van der Waals surface area contributed by atoms with Gasteiger partial charge in [0.2, 0.25) is 5.91 Å². The highest BCUT2D eigenvalue weighted by atomic mass is 16.5. The van der Waals surface area contributed by atoms with Crippen LogP contribution in [0.2, 0.25) is 0 Å². The summed E-state index contributed by atoms with van der Waals surface area (Å²) >= 11 is 0. The van der Waals surface area contributed by atoms with Gasteiger partial charge in [0.25, 0.3) is 0 Å². The zero-order valence-corrected chi connectivity index (χ0v) is 9.53. The van der Waals surface area contributed by atoms with Crippen LogP contribution in [0.3, 0.4) is 0 Å². The van der Waals surface area contributed by atoms with Crippen LogP contribution >= 0.6 is 0 Å². The average Bonchev–Trinajstić information content (AvgIpc) is 2.29. The zero-order valence-electron chi connectivity index (χ0n) is 9.53. The van der Waals surface area contributed by atoms with Crippen molar-refractivity contribution in [2.24, 2.45) is 0 Å². The van der Waals surface area contributed by atoms with E-state index in [-0.39, 0.29) is 5.91 Å². The van der Waals surface area contributed by atoms with Crippen LogP contribution in [0.4, 0.5) is 0 Å². The molecule has 0 radical (unpaired) electrons. The summed E-state index contributed by atoms with van der Waals surface area (Å²) in [5.41, 5.74) is 0. The Balaban J connectivity index is 0.000000336. The molecule has 1 aromatic carbocycles. The van der Waals surface area contributed by atoms with Gasteiger partial charge in [0, 0.05) is 14.0 Å². The minimum atomic E-state index is 0.00463. The van der Waals surface area contributed by atoms with E-state index in [1.165, 1.54) is 6.92 Å². The fourth-order valence-electron chi connectivity index (χ4n) is 0.787. The lowest BCUT2D eigenvalue weighted by Crippen LogP contribution is -2.11. The first-order valence-electron chi connectivity index (χ1n) is 4.51. The molecule has 0 saturated heterocycles. The zero-order chi connectivity index (χ0) is 11.7. The van der Waals surface area contributed by atoms with Crippen LogP contribution in [0.25, 0.3) is 0 Å². The maximum atomic E-state index is 9.70. The van der Waals surface area contributed by atoms with Gasteiger partial charge in [0.15, 0.2) is 11.5 Å². The molecular formula is C11H17NO3. The topological polar surface area (TPSA) is 47.6 Å². The first-order chi connectivity index (χ1) is 7.15. The van der Waals surface area contributed by atoms with Gasteiger partial charge < -0.3 is 14.8 Å². The van der Waals surface area contributed by atoms with Crippen molar-refractivity contribution in [2.45, 2.75) is 6.92 Å². The molecule has 1 N–H and O–H groups in total. The van der Waals surface area contributed by atoms with E-state index in [1.807, 2.05) is 24.3 Å². The number of ether oxygens (including phenoxy) is 2. The lowest BCUT2D eigenvalue weighted by atomic mass is 10.3. The van der Waals surface area contributed by atoms with Crippen LogP contribution < -0.4 is 14.8 Å². The summed E-state index contributed by atoms with van der Waals surface area (Å²) in [5, 5.41) is 2.39. The molecule has 0 heterocycles. The Morgan fingerprint density at radius 3 is 1.67 bits per heavy atom. The normalized spacial score (nSPS) is 8.27. The third kappa shape index (κ3) is 5.57. The number of carbonyl (C=O) groups is 1. The fraction of sp³-hybridized carbons (Fsp3) is 0.364. The summed E-state index contributed by atoms with van der Waals surface area (Å²) in [6.45, 7) is 1.47. The molecule has 0 aliphatic carbocycles. The van der Waals surface area contributed by atoms with Crippen LogP contribution in [0, 0.1) is 0 Å². The second kappa shape index (κ2) is 7.67. The first kappa shape index (κ1) is 13.3. The van der Waals surface area contributed by atoms with E-state index in [0.717, 1.165) is 11.5 Å². The molecule has 0 spiro atoms. The van der Waals surface area contributed by atoms with Gasteiger partial charge in [-0.25, -0.2) is 0 Å². The number of amides is 1. The van der Waals surface area contributed by atoms with Crippen LogP contribution in [-0.2, 0) is 4.79 Å². The molecule has 0 bridgehead atoms. The van der Waals surface area contributed by atoms with Crippen molar-refractivity contribution in [3.05, 3.63) is 24.3 Å². The highest BCUT2D eigenvalue weighted by Crippen LogP contribution is 2.24. The molecule has 15 heavy (non-hydrogen) atoms. The van der Waals surface area contributed by atoms with Gasteiger partial charge in [-0.2, -0.15) is 0 Å². The SMILES string of the molecule is CNC(C)=O.COc1ccccc1OC. The predicted molar refractivity (Wildman–Crippen MR) is 59.3 cm³/mol. The number of methoxy groups -OCH3 is 2. The molecular weight excluding hydrogens is 194 g/mol. The molecule has 0 unspecified atom stereocenters. The molecule has 84 valence electrons. The quantitative estimate of drug-likeness (QED) is 0.805. The molecule has 0 saturated carbocycles. The Bertz CT molecular complexity index is 277. The molecule has 1 rings (SSSR count). The number of nitrogens with one attached hydrogen (secondary N) is 1. The molecule has 0 aliphatic rings. The summed E-state index contributed by atoms with van der Waals surface area (Å²) in [4.78, 5) is 9.70. The number of benzene rings is 1. The van der Waals surface area contributed by atoms with E-state index < -0.39 is 0 Å². The average molecular weight is 211 g/mol. The lowest BCUT2D eigenvalue weighted by Gasteiger charge is -2.04. The lowest BCUT2D eigenvalue weighted by molar-refractivity contribution is -0.118. The Morgan fingerprint density at radius 2 is 1.47 bits per heavy atom. The molecule has 1 aromatic rings. The molecule has 0 fully saturated rings. The molecule has 4 heteroatoms. The Morgan fingerprint density at radius 1 is 1.13 bits per heavy atom. The van der Waals surface area contributed by atoms with Gasteiger partial charge >= 0.3 is 0 Å². The van der Waals surface area contributed by atoms with E-state index in [0.29, 0.717) is 0 Å². The largest absolute Gasteiger partial charge is 0.493 e. The van der Waals surface area contributed by atoms with Crippen LogP contribution in [0.5, 0.6) is 11.5 Å². The van der Waals surface area contributed by atoms with Gasteiger partial charge in [0.1, 0.15) is 0 Å². The third-order valence-electron chi connectivity index (χ3n) is 1.64. The van der Waals surface area contributed by atoms with Crippen molar-refractivity contribution in [2.75, 3.05) is 21.3 Å². The van der Waals surface area contributed by atoms with E-state index in [4.69, 9.17) is 9.47 Å². The highest BCUT2D eigenvalue weighted by Gasteiger charge is 1.97. The molecule has 0 aromatic heterocycles. The van der Waals surface area contributed by atoms with Gasteiger partial charge in [-0.3, -0.25) is 4.79 Å². The fourth-order valence-corrected chi connectivity index (χ4v) is 0.787. The van der Waals surface area contributed by atoms with Crippen molar-refractivity contribution in [3.63, 3.8) is 0 Å². The Labute approximate surface area is 90.2 Å². The minimum Gasteiger partial charge on any atom is -0.493 e. The van der Waals surface area contributed by atoms with Crippen molar-refractivity contribution < 1.29 is 14.3 Å². The van der Waals surface area contributed by atoms with E-state index in [1.54, 1.807) is 21.3 Å². The van der Waals surface area contributed by atoms with Gasteiger partial charge in [0.05, 0.1) is 14.2 Å². The molecule has 0 aliphatic heterocycles. The number of rotatable bonds is 2. The van der Waals surface area contributed by atoms with Gasteiger partial charge in [-0.05, 0) is 12.1 Å². The van der Waals surface area contributed by atoms with Gasteiger partial charge in [-0.1, -0.05) is 12.1 Å². The van der Waals surface area contributed by atoms with E-state index >= 15 is 0 Å². The van der Waals surface area contributed by atoms with Crippen molar-refractivity contribution in [1.29, 1.82) is 0 Å². The second-order valence-corrected chi connectivity index (χ2v) is 2.66. The summed E-state index contributed by atoms with van der Waals surface area (Å²) < 4.78 is 10.0. The van der Waals surface area contributed by atoms with Gasteiger partial charge in [-0.15, -0.1) is 0 Å². The smallest absolute Gasteiger partial charge is 0.216 e. The summed E-state index contributed by atoms with van der Waals surface area (Å²) in [7, 11) is 4.85. The molecule has 4 nitrogen and oxygen atoms in total. The van der Waals surface area contributed by atoms with Crippen molar-refractivity contribution >= 4 is 5.91 Å². The summed E-state index contributed by atoms with van der Waals surface area (Å²) in [5.74, 6) is 1.54. The Kier molecular flexibility index (Phi) is 6.80. The first-order valence-corrected chi connectivity index (χ1v) is 4.51. The maximum Gasteiger partial charge on any atom is 0.216 e. The Hall–Kier alpha value is -1.71. The standard InChI is InChI=1S/C8H10O2.C3H7NO/c1-9-7-5-3-4-6-8(7)10-2;1-3(5)4-2/h3-6H,1-2H3;1-2H3,(H,4,5). The van der Waals surface area contributed by atoms with Crippen LogP contribution in [0.1, 0.15) is 6.92 Å². The number of hydrogen-bond acceptors (Lipinski definition) is 3. The highest BCUT2D eigenvalue weighted by molar-refractivity contribution is 5.72. The predicted octanol–water partition coefficient (Wildman–Crippen LogP) is 1.46. The van der Waals surface area contributed by atoms with Crippen LogP contribution in [0.15, 0.2) is 24.3 Å². The van der Waals surface area contributed by atoms with E-state index in [9.17, 15) is 4.79 Å². The maximum absolute atomic E-state index is 9.70. The number of para-hydroxylation sites is 2. The minimum absolute atomic E-state index is 0.00463. The number of carbonyl (C=O) groups excluding carboxylic acids is 1.